The third-order valence-corrected chi connectivity index (χ3v) is 7.12. The minimum absolute atomic E-state index is 0.0143. The fourth-order valence-corrected chi connectivity index (χ4v) is 5.43. The van der Waals surface area contributed by atoms with E-state index in [-0.39, 0.29) is 17.4 Å². The van der Waals surface area contributed by atoms with Gasteiger partial charge in [-0.2, -0.15) is 4.31 Å². The summed E-state index contributed by atoms with van der Waals surface area (Å²) in [5.41, 5.74) is 0. The summed E-state index contributed by atoms with van der Waals surface area (Å²) in [6, 6.07) is -0.0350. The molecule has 6 heteroatoms. The smallest absolute Gasteiger partial charge is 0.217 e. The normalized spacial score (nSPS) is 32.6. The summed E-state index contributed by atoms with van der Waals surface area (Å²) >= 11 is 3.37. The van der Waals surface area contributed by atoms with Crippen molar-refractivity contribution in [2.75, 3.05) is 18.5 Å². The monoisotopic (exact) mass is 339 g/mol. The van der Waals surface area contributed by atoms with E-state index in [1.54, 1.807) is 4.31 Å². The van der Waals surface area contributed by atoms with Crippen LogP contribution in [0.25, 0.3) is 0 Å². The lowest BCUT2D eigenvalue weighted by atomic mass is 10.0. The summed E-state index contributed by atoms with van der Waals surface area (Å²) in [5.74, 6) is 0. The van der Waals surface area contributed by atoms with Gasteiger partial charge in [-0.1, -0.05) is 35.2 Å². The molecule has 0 radical (unpaired) electrons. The first-order chi connectivity index (χ1) is 8.55. The molecule has 1 heterocycles. The van der Waals surface area contributed by atoms with Crippen molar-refractivity contribution in [3.63, 3.8) is 0 Å². The standard InChI is InChI=1S/C12H22BrNO3S/c1-10-9-17-11(7-13)8-14(10)18(15,16)12-5-3-2-4-6-12/h10-12H,2-9H2,1H3. The van der Waals surface area contributed by atoms with Gasteiger partial charge in [0.1, 0.15) is 0 Å². The van der Waals surface area contributed by atoms with Gasteiger partial charge >= 0.3 is 0 Å². The molecule has 0 aromatic heterocycles. The Kier molecular flexibility index (Phi) is 5.08. The Morgan fingerprint density at radius 3 is 2.56 bits per heavy atom. The van der Waals surface area contributed by atoms with Crippen molar-refractivity contribution >= 4 is 26.0 Å². The summed E-state index contributed by atoms with van der Waals surface area (Å²) in [6.45, 7) is 2.93. The van der Waals surface area contributed by atoms with Gasteiger partial charge in [0, 0.05) is 17.9 Å². The highest BCUT2D eigenvalue weighted by Gasteiger charge is 2.39. The van der Waals surface area contributed by atoms with Crippen LogP contribution in [0.1, 0.15) is 39.0 Å². The molecular formula is C12H22BrNO3S. The Labute approximate surface area is 118 Å². The first kappa shape index (κ1) is 14.8. The van der Waals surface area contributed by atoms with Crippen molar-refractivity contribution in [1.82, 2.24) is 4.31 Å². The van der Waals surface area contributed by atoms with E-state index < -0.39 is 10.0 Å². The number of sulfonamides is 1. The molecule has 4 nitrogen and oxygen atoms in total. The third kappa shape index (κ3) is 3.08. The number of morpholine rings is 1. The zero-order valence-corrected chi connectivity index (χ0v) is 13.2. The number of halogens is 1. The topological polar surface area (TPSA) is 46.6 Å². The van der Waals surface area contributed by atoms with Crippen molar-refractivity contribution in [2.24, 2.45) is 0 Å². The van der Waals surface area contributed by atoms with E-state index in [1.807, 2.05) is 6.92 Å². The maximum absolute atomic E-state index is 12.7. The number of rotatable bonds is 3. The lowest BCUT2D eigenvalue weighted by Gasteiger charge is -2.39. The second-order valence-electron chi connectivity index (χ2n) is 5.33. The number of nitrogens with zero attached hydrogens (tertiary/aromatic N) is 1. The van der Waals surface area contributed by atoms with E-state index in [4.69, 9.17) is 4.74 Å². The van der Waals surface area contributed by atoms with Gasteiger partial charge in [0.05, 0.1) is 18.0 Å². The van der Waals surface area contributed by atoms with E-state index in [9.17, 15) is 8.42 Å². The van der Waals surface area contributed by atoms with E-state index in [1.165, 1.54) is 6.42 Å². The van der Waals surface area contributed by atoms with Crippen LogP contribution in [0.3, 0.4) is 0 Å². The predicted octanol–water partition coefficient (Wildman–Crippen LogP) is 2.13. The van der Waals surface area contributed by atoms with Crippen molar-refractivity contribution < 1.29 is 13.2 Å². The summed E-state index contributed by atoms with van der Waals surface area (Å²) in [5, 5.41) is 0.527. The fraction of sp³-hybridized carbons (Fsp3) is 1.00. The van der Waals surface area contributed by atoms with Gasteiger partial charge in [-0.3, -0.25) is 0 Å². The number of ether oxygens (including phenoxy) is 1. The second kappa shape index (κ2) is 6.20. The predicted molar refractivity (Wildman–Crippen MR) is 75.5 cm³/mol. The zero-order chi connectivity index (χ0) is 13.2. The molecule has 0 aromatic rings. The van der Waals surface area contributed by atoms with Gasteiger partial charge in [-0.25, -0.2) is 8.42 Å². The highest BCUT2D eigenvalue weighted by atomic mass is 79.9. The quantitative estimate of drug-likeness (QED) is 0.740. The van der Waals surface area contributed by atoms with E-state index >= 15 is 0 Å². The van der Waals surface area contributed by atoms with Crippen LogP contribution in [0.15, 0.2) is 0 Å². The second-order valence-corrected chi connectivity index (χ2v) is 8.15. The Morgan fingerprint density at radius 1 is 1.28 bits per heavy atom. The van der Waals surface area contributed by atoms with Crippen LogP contribution in [-0.4, -0.2) is 48.6 Å². The molecule has 1 aliphatic carbocycles. The van der Waals surface area contributed by atoms with Crippen LogP contribution in [0.4, 0.5) is 0 Å². The molecule has 0 spiro atoms. The molecule has 0 bridgehead atoms. The number of hydrogen-bond donors (Lipinski definition) is 0. The molecule has 106 valence electrons. The Balaban J connectivity index is 2.11. The van der Waals surface area contributed by atoms with Crippen LogP contribution in [0.5, 0.6) is 0 Å². The van der Waals surface area contributed by atoms with E-state index in [2.05, 4.69) is 15.9 Å². The maximum atomic E-state index is 12.7. The summed E-state index contributed by atoms with van der Waals surface area (Å²) in [6.07, 6.45) is 4.90. The molecule has 2 unspecified atom stereocenters. The average molecular weight is 340 g/mol. The molecule has 0 aromatic carbocycles. The molecule has 0 N–H and O–H groups in total. The van der Waals surface area contributed by atoms with Crippen molar-refractivity contribution in [3.8, 4) is 0 Å². The summed E-state index contributed by atoms with van der Waals surface area (Å²) in [7, 11) is -3.14. The van der Waals surface area contributed by atoms with Crippen molar-refractivity contribution in [2.45, 2.75) is 56.4 Å². The minimum atomic E-state index is -3.14. The molecule has 18 heavy (non-hydrogen) atoms. The molecule has 2 rings (SSSR count). The van der Waals surface area contributed by atoms with Crippen LogP contribution in [-0.2, 0) is 14.8 Å². The van der Waals surface area contributed by atoms with Crippen molar-refractivity contribution in [1.29, 1.82) is 0 Å². The molecule has 1 saturated heterocycles. The highest BCUT2D eigenvalue weighted by Crippen LogP contribution is 2.28. The first-order valence-electron chi connectivity index (χ1n) is 6.74. The SMILES string of the molecule is CC1COC(CBr)CN1S(=O)(=O)C1CCCCC1. The third-order valence-electron chi connectivity index (χ3n) is 3.92. The van der Waals surface area contributed by atoms with Gasteiger partial charge in [-0.05, 0) is 19.8 Å². The van der Waals surface area contributed by atoms with Crippen LogP contribution >= 0.6 is 15.9 Å². The lowest BCUT2D eigenvalue weighted by molar-refractivity contribution is -0.0144. The Morgan fingerprint density at radius 2 is 1.94 bits per heavy atom. The molecule has 1 aliphatic heterocycles. The van der Waals surface area contributed by atoms with Crippen LogP contribution in [0, 0.1) is 0 Å². The Hall–Kier alpha value is 0.350. The average Bonchev–Trinajstić information content (AvgIpc) is 2.40. The number of hydrogen-bond acceptors (Lipinski definition) is 3. The summed E-state index contributed by atoms with van der Waals surface area (Å²) < 4.78 is 32.6. The van der Waals surface area contributed by atoms with Crippen LogP contribution < -0.4 is 0 Å². The van der Waals surface area contributed by atoms with Gasteiger partial charge < -0.3 is 4.74 Å². The maximum Gasteiger partial charge on any atom is 0.217 e. The first-order valence-corrected chi connectivity index (χ1v) is 9.36. The molecule has 1 saturated carbocycles. The molecular weight excluding hydrogens is 318 g/mol. The lowest BCUT2D eigenvalue weighted by Crippen LogP contribution is -2.54. The highest BCUT2D eigenvalue weighted by molar-refractivity contribution is 9.09. The Bertz CT molecular complexity index is 368. The van der Waals surface area contributed by atoms with Gasteiger partial charge in [0.25, 0.3) is 0 Å². The van der Waals surface area contributed by atoms with Gasteiger partial charge in [0.2, 0.25) is 10.0 Å². The van der Waals surface area contributed by atoms with Crippen molar-refractivity contribution in [3.05, 3.63) is 0 Å². The van der Waals surface area contributed by atoms with E-state index in [0.29, 0.717) is 18.5 Å². The summed E-state index contributed by atoms with van der Waals surface area (Å²) in [4.78, 5) is 0. The molecule has 2 aliphatic rings. The molecule has 0 amide bonds. The minimum Gasteiger partial charge on any atom is -0.374 e. The number of alkyl halides is 1. The molecule has 2 atom stereocenters. The zero-order valence-electron chi connectivity index (χ0n) is 10.8. The van der Waals surface area contributed by atoms with Crippen LogP contribution in [0.2, 0.25) is 0 Å². The van der Waals surface area contributed by atoms with E-state index in [0.717, 1.165) is 25.7 Å². The molecule has 2 fully saturated rings. The fourth-order valence-electron chi connectivity index (χ4n) is 2.79. The largest absolute Gasteiger partial charge is 0.374 e. The van der Waals surface area contributed by atoms with Gasteiger partial charge in [0.15, 0.2) is 0 Å². The van der Waals surface area contributed by atoms with Gasteiger partial charge in [-0.15, -0.1) is 0 Å².